The van der Waals surface area contributed by atoms with Crippen LogP contribution in [0.1, 0.15) is 114 Å². The molecule has 3 rings (SSSR count). The molecule has 0 radical (unpaired) electrons. The van der Waals surface area contributed by atoms with Gasteiger partial charge in [0.25, 0.3) is 0 Å². The number of nitrogens with zero attached hydrogens (tertiary/aromatic N) is 2. The summed E-state index contributed by atoms with van der Waals surface area (Å²) < 4.78 is 13.0. The van der Waals surface area contributed by atoms with Gasteiger partial charge in [-0.2, -0.15) is 0 Å². The van der Waals surface area contributed by atoms with Gasteiger partial charge in [-0.15, -0.1) is 22.7 Å². The number of carbonyl (C=O) groups excluding carboxylic acids is 1. The van der Waals surface area contributed by atoms with E-state index in [0.717, 1.165) is 45.1 Å². The van der Waals surface area contributed by atoms with E-state index in [0.29, 0.717) is 35.1 Å². The summed E-state index contributed by atoms with van der Waals surface area (Å²) in [6.45, 7) is 14.4. The number of aliphatic hydroxyl groups excluding tert-OH is 1. The molecular formula is C30H46N2O4S2. The van der Waals surface area contributed by atoms with Crippen molar-refractivity contribution in [3.05, 3.63) is 22.1 Å². The molecule has 0 aliphatic carbocycles. The van der Waals surface area contributed by atoms with Crippen molar-refractivity contribution in [2.24, 2.45) is 23.7 Å². The Labute approximate surface area is 236 Å². The maximum absolute atomic E-state index is 12.6. The lowest BCUT2D eigenvalue weighted by Crippen LogP contribution is -2.09. The predicted octanol–water partition coefficient (Wildman–Crippen LogP) is 8.78. The fraction of sp³-hybridized carbons (Fsp3) is 0.700. The summed E-state index contributed by atoms with van der Waals surface area (Å²) in [7, 11) is 0. The van der Waals surface area contributed by atoms with Gasteiger partial charge < -0.3 is 14.6 Å². The lowest BCUT2D eigenvalue weighted by atomic mass is 9.98. The van der Waals surface area contributed by atoms with E-state index in [1.54, 1.807) is 0 Å². The minimum atomic E-state index is -1.03. The van der Waals surface area contributed by atoms with E-state index in [1.807, 2.05) is 12.1 Å². The number of esters is 1. The molecule has 1 aromatic carbocycles. The highest BCUT2D eigenvalue weighted by Gasteiger charge is 2.19. The predicted molar refractivity (Wildman–Crippen MR) is 159 cm³/mol. The first-order valence-corrected chi connectivity index (χ1v) is 15.9. The van der Waals surface area contributed by atoms with Gasteiger partial charge in [0, 0.05) is 0 Å². The molecule has 0 saturated heterocycles. The number of carbonyl (C=O) groups is 1. The number of aromatic nitrogens is 2. The summed E-state index contributed by atoms with van der Waals surface area (Å²) in [5.41, 5.74) is 1.53. The van der Waals surface area contributed by atoms with Crippen LogP contribution in [0.25, 0.3) is 20.4 Å². The van der Waals surface area contributed by atoms with Gasteiger partial charge in [-0.3, -0.25) is 0 Å². The highest BCUT2D eigenvalue weighted by Crippen LogP contribution is 2.33. The number of rotatable bonds is 17. The van der Waals surface area contributed by atoms with Gasteiger partial charge in [-0.05, 0) is 48.6 Å². The summed E-state index contributed by atoms with van der Waals surface area (Å²) in [6, 6.07) is 3.86. The fourth-order valence-corrected chi connectivity index (χ4v) is 6.26. The average Bonchev–Trinajstić information content (AvgIpc) is 3.45. The van der Waals surface area contributed by atoms with E-state index >= 15 is 0 Å². The van der Waals surface area contributed by atoms with Crippen LogP contribution in [0, 0.1) is 23.7 Å². The summed E-state index contributed by atoms with van der Waals surface area (Å²) in [6.07, 6.45) is 8.09. The molecule has 3 aromatic rings. The van der Waals surface area contributed by atoms with E-state index in [-0.39, 0.29) is 5.97 Å². The smallest absolute Gasteiger partial charge is 0.367 e. The standard InChI is InChI=1S/C30H46N2O4S2/c1-19(2)9-7-11-21(5)13-15-35-29(33)27-31-23-17-26-24(18-25(23)37-27)32-28(38-26)30(34)36-16-14-22(6)12-8-10-20(3)4/h17-22,29,33H,7-16H2,1-6H3. The second kappa shape index (κ2) is 15.2. The van der Waals surface area contributed by atoms with Crippen molar-refractivity contribution in [2.45, 2.75) is 99.2 Å². The maximum Gasteiger partial charge on any atom is 0.367 e. The van der Waals surface area contributed by atoms with Crippen molar-refractivity contribution >= 4 is 49.1 Å². The zero-order chi connectivity index (χ0) is 27.7. The lowest BCUT2D eigenvalue weighted by Gasteiger charge is -2.14. The van der Waals surface area contributed by atoms with Crippen LogP contribution >= 0.6 is 22.7 Å². The van der Waals surface area contributed by atoms with Crippen molar-refractivity contribution in [3.63, 3.8) is 0 Å². The van der Waals surface area contributed by atoms with Gasteiger partial charge in [0.2, 0.25) is 11.3 Å². The Bertz CT molecular complexity index is 1090. The molecule has 0 bridgehead atoms. The highest BCUT2D eigenvalue weighted by molar-refractivity contribution is 7.21. The second-order valence-corrected chi connectivity index (χ2v) is 13.7. The van der Waals surface area contributed by atoms with Crippen LogP contribution in [0.4, 0.5) is 0 Å². The van der Waals surface area contributed by atoms with Crippen molar-refractivity contribution in [1.29, 1.82) is 0 Å². The molecule has 0 spiro atoms. The third-order valence-corrected chi connectivity index (χ3v) is 9.03. The first-order chi connectivity index (χ1) is 18.1. The van der Waals surface area contributed by atoms with Gasteiger partial charge >= 0.3 is 5.97 Å². The van der Waals surface area contributed by atoms with Crippen LogP contribution in [-0.4, -0.2) is 34.3 Å². The van der Waals surface area contributed by atoms with Crippen LogP contribution in [0.2, 0.25) is 0 Å². The highest BCUT2D eigenvalue weighted by atomic mass is 32.1. The van der Waals surface area contributed by atoms with E-state index < -0.39 is 6.29 Å². The number of hydrogen-bond acceptors (Lipinski definition) is 8. The Morgan fingerprint density at radius 2 is 1.34 bits per heavy atom. The molecule has 3 unspecified atom stereocenters. The van der Waals surface area contributed by atoms with Gasteiger partial charge in [-0.25, -0.2) is 14.8 Å². The normalized spacial score (nSPS) is 14.6. The number of aliphatic hydroxyl groups is 1. The van der Waals surface area contributed by atoms with Crippen LogP contribution in [0.3, 0.4) is 0 Å². The minimum Gasteiger partial charge on any atom is -0.460 e. The first kappa shape index (κ1) is 30.9. The summed E-state index contributed by atoms with van der Waals surface area (Å²) in [5.74, 6) is 2.24. The molecule has 6 nitrogen and oxygen atoms in total. The largest absolute Gasteiger partial charge is 0.460 e. The first-order valence-electron chi connectivity index (χ1n) is 14.3. The molecule has 3 atom stereocenters. The Balaban J connectivity index is 1.49. The molecule has 38 heavy (non-hydrogen) atoms. The molecule has 1 N–H and O–H groups in total. The van der Waals surface area contributed by atoms with Gasteiger partial charge in [0.15, 0.2) is 0 Å². The van der Waals surface area contributed by atoms with Crippen LogP contribution in [-0.2, 0) is 9.47 Å². The molecule has 212 valence electrons. The number of benzene rings is 1. The Morgan fingerprint density at radius 3 is 1.95 bits per heavy atom. The van der Waals surface area contributed by atoms with Gasteiger partial charge in [-0.1, -0.05) is 80.1 Å². The second-order valence-electron chi connectivity index (χ2n) is 11.7. The third kappa shape index (κ3) is 9.85. The number of thiazole rings is 2. The zero-order valence-electron chi connectivity index (χ0n) is 24.0. The molecule has 0 fully saturated rings. The van der Waals surface area contributed by atoms with Crippen molar-refractivity contribution in [2.75, 3.05) is 13.2 Å². The van der Waals surface area contributed by atoms with E-state index in [2.05, 4.69) is 51.5 Å². The molecule has 0 saturated carbocycles. The monoisotopic (exact) mass is 562 g/mol. The summed E-state index contributed by atoms with van der Waals surface area (Å²) >= 11 is 2.73. The molecule has 0 amide bonds. The van der Waals surface area contributed by atoms with Crippen LogP contribution in [0.5, 0.6) is 0 Å². The quantitative estimate of drug-likeness (QED) is 0.131. The Kier molecular flexibility index (Phi) is 12.4. The Morgan fingerprint density at radius 1 is 0.789 bits per heavy atom. The summed E-state index contributed by atoms with van der Waals surface area (Å²) in [4.78, 5) is 21.7. The van der Waals surface area contributed by atoms with Crippen molar-refractivity contribution in [1.82, 2.24) is 9.97 Å². The lowest BCUT2D eigenvalue weighted by molar-refractivity contribution is -0.105. The molecular weight excluding hydrogens is 516 g/mol. The van der Waals surface area contributed by atoms with E-state index in [9.17, 15) is 9.90 Å². The summed E-state index contributed by atoms with van der Waals surface area (Å²) in [5, 5.41) is 11.5. The van der Waals surface area contributed by atoms with E-state index in [1.165, 1.54) is 61.2 Å². The van der Waals surface area contributed by atoms with Gasteiger partial charge in [0.1, 0.15) is 5.01 Å². The number of fused-ring (bicyclic) bond motifs is 2. The van der Waals surface area contributed by atoms with Crippen molar-refractivity contribution in [3.8, 4) is 0 Å². The molecule has 0 aliphatic heterocycles. The van der Waals surface area contributed by atoms with Crippen LogP contribution in [0.15, 0.2) is 12.1 Å². The zero-order valence-corrected chi connectivity index (χ0v) is 25.6. The fourth-order valence-electron chi connectivity index (χ4n) is 4.46. The average molecular weight is 563 g/mol. The third-order valence-electron chi connectivity index (χ3n) is 6.99. The Hall–Kier alpha value is -1.61. The van der Waals surface area contributed by atoms with Gasteiger partial charge in [0.05, 0.1) is 33.6 Å². The van der Waals surface area contributed by atoms with Crippen molar-refractivity contribution < 1.29 is 19.4 Å². The molecule has 8 heteroatoms. The minimum absolute atomic E-state index is 0.361. The molecule has 0 aliphatic rings. The number of hydrogen-bond donors (Lipinski definition) is 1. The SMILES string of the molecule is CC(C)CCCC(C)CCOC(=O)c1nc2cc3sc(C(O)OCCC(C)CCCC(C)C)nc3cc2s1. The topological polar surface area (TPSA) is 81.5 Å². The maximum atomic E-state index is 12.6. The van der Waals surface area contributed by atoms with E-state index in [4.69, 9.17) is 9.47 Å². The molecule has 2 aromatic heterocycles. The molecule has 2 heterocycles. The number of ether oxygens (including phenoxy) is 2. The van der Waals surface area contributed by atoms with Crippen LogP contribution < -0.4 is 0 Å².